The van der Waals surface area contributed by atoms with Crippen LogP contribution < -0.4 is 10.1 Å². The van der Waals surface area contributed by atoms with Crippen molar-refractivity contribution >= 4 is 5.97 Å². The number of hydrogen-bond acceptors (Lipinski definition) is 3. The normalized spacial score (nSPS) is 14.1. The van der Waals surface area contributed by atoms with Crippen LogP contribution in [0, 0.1) is 5.82 Å². The summed E-state index contributed by atoms with van der Waals surface area (Å²) in [6.07, 6.45) is 0. The predicted octanol–water partition coefficient (Wildman–Crippen LogP) is 1.96. The molecule has 0 aromatic heterocycles. The topological polar surface area (TPSA) is 58.6 Å². The molecule has 0 bridgehead atoms. The number of nitrogens with one attached hydrogen (secondary N) is 1. The van der Waals surface area contributed by atoms with Gasteiger partial charge in [0.25, 0.3) is 0 Å². The van der Waals surface area contributed by atoms with Gasteiger partial charge >= 0.3 is 5.97 Å². The largest absolute Gasteiger partial charge is 0.494 e. The van der Waals surface area contributed by atoms with Crippen LogP contribution in [0.3, 0.4) is 0 Å². The molecule has 0 amide bonds. The zero-order valence-corrected chi connectivity index (χ0v) is 10.0. The van der Waals surface area contributed by atoms with Gasteiger partial charge in [-0.3, -0.25) is 10.1 Å². The van der Waals surface area contributed by atoms with Crippen molar-refractivity contribution in [3.8, 4) is 5.75 Å². The number of benzene rings is 1. The van der Waals surface area contributed by atoms with Gasteiger partial charge < -0.3 is 9.84 Å². The number of ether oxygens (including phenoxy) is 1. The molecule has 0 aliphatic rings. The number of aliphatic carboxylic acids is 1. The van der Waals surface area contributed by atoms with Gasteiger partial charge in [-0.15, -0.1) is 0 Å². The van der Waals surface area contributed by atoms with E-state index in [4.69, 9.17) is 9.84 Å². The van der Waals surface area contributed by atoms with E-state index >= 15 is 0 Å². The molecule has 1 rings (SSSR count). The molecule has 94 valence electrons. The van der Waals surface area contributed by atoms with Gasteiger partial charge in [-0.1, -0.05) is 6.07 Å². The van der Waals surface area contributed by atoms with Gasteiger partial charge in [-0.2, -0.15) is 0 Å². The lowest BCUT2D eigenvalue weighted by molar-refractivity contribution is -0.139. The monoisotopic (exact) mass is 241 g/mol. The van der Waals surface area contributed by atoms with Crippen LogP contribution in [0.4, 0.5) is 4.39 Å². The molecule has 0 aliphatic carbocycles. The first-order chi connectivity index (χ1) is 7.95. The van der Waals surface area contributed by atoms with Crippen LogP contribution in [0.5, 0.6) is 5.75 Å². The minimum atomic E-state index is -0.939. The predicted molar refractivity (Wildman–Crippen MR) is 61.6 cm³/mol. The molecule has 0 aliphatic heterocycles. The van der Waals surface area contributed by atoms with Crippen molar-refractivity contribution in [2.75, 3.05) is 7.11 Å². The fourth-order valence-corrected chi connectivity index (χ4v) is 1.49. The van der Waals surface area contributed by atoms with Gasteiger partial charge in [0.15, 0.2) is 11.6 Å². The SMILES string of the molecule is COc1ccc(C(C)N[C@H](C)C(=O)O)cc1F. The summed E-state index contributed by atoms with van der Waals surface area (Å²) in [6, 6.07) is 3.63. The van der Waals surface area contributed by atoms with E-state index in [1.807, 2.05) is 0 Å². The van der Waals surface area contributed by atoms with Gasteiger partial charge in [-0.05, 0) is 31.5 Å². The molecule has 0 saturated carbocycles. The first-order valence-electron chi connectivity index (χ1n) is 5.28. The molecule has 0 saturated heterocycles. The summed E-state index contributed by atoms with van der Waals surface area (Å²) in [7, 11) is 1.40. The van der Waals surface area contributed by atoms with Crippen molar-refractivity contribution in [2.24, 2.45) is 0 Å². The van der Waals surface area contributed by atoms with E-state index < -0.39 is 17.8 Å². The maximum Gasteiger partial charge on any atom is 0.320 e. The second-order valence-electron chi connectivity index (χ2n) is 3.84. The molecular formula is C12H16FNO3. The highest BCUT2D eigenvalue weighted by Gasteiger charge is 2.16. The average molecular weight is 241 g/mol. The van der Waals surface area contributed by atoms with Crippen molar-refractivity contribution in [1.29, 1.82) is 0 Å². The van der Waals surface area contributed by atoms with Crippen molar-refractivity contribution < 1.29 is 19.0 Å². The fraction of sp³-hybridized carbons (Fsp3) is 0.417. The number of rotatable bonds is 5. The van der Waals surface area contributed by atoms with Crippen LogP contribution >= 0.6 is 0 Å². The summed E-state index contributed by atoms with van der Waals surface area (Å²) >= 11 is 0. The van der Waals surface area contributed by atoms with E-state index in [1.54, 1.807) is 19.9 Å². The van der Waals surface area contributed by atoms with Crippen molar-refractivity contribution in [3.63, 3.8) is 0 Å². The zero-order chi connectivity index (χ0) is 13.0. The number of carbonyl (C=O) groups is 1. The van der Waals surface area contributed by atoms with Crippen LogP contribution in [-0.4, -0.2) is 24.2 Å². The molecule has 5 heteroatoms. The van der Waals surface area contributed by atoms with Gasteiger partial charge in [0, 0.05) is 6.04 Å². The van der Waals surface area contributed by atoms with Gasteiger partial charge in [-0.25, -0.2) is 4.39 Å². The minimum Gasteiger partial charge on any atom is -0.494 e. The molecule has 0 fully saturated rings. The molecule has 1 aromatic rings. The van der Waals surface area contributed by atoms with E-state index in [0.717, 1.165) is 0 Å². The van der Waals surface area contributed by atoms with Gasteiger partial charge in [0.1, 0.15) is 6.04 Å². The van der Waals surface area contributed by atoms with Crippen LogP contribution in [0.15, 0.2) is 18.2 Å². The molecule has 1 unspecified atom stereocenters. The summed E-state index contributed by atoms with van der Waals surface area (Å²) in [6.45, 7) is 3.32. The average Bonchev–Trinajstić information content (AvgIpc) is 2.28. The molecule has 0 radical (unpaired) electrons. The smallest absolute Gasteiger partial charge is 0.320 e. The zero-order valence-electron chi connectivity index (χ0n) is 10.0. The third kappa shape index (κ3) is 3.42. The minimum absolute atomic E-state index is 0.173. The summed E-state index contributed by atoms with van der Waals surface area (Å²) in [5, 5.41) is 11.6. The Labute approximate surface area is 99.4 Å². The maximum absolute atomic E-state index is 13.4. The molecule has 4 nitrogen and oxygen atoms in total. The molecule has 0 heterocycles. The molecule has 17 heavy (non-hydrogen) atoms. The van der Waals surface area contributed by atoms with Crippen LogP contribution in [0.25, 0.3) is 0 Å². The number of hydrogen-bond donors (Lipinski definition) is 2. The number of methoxy groups -OCH3 is 1. The Hall–Kier alpha value is -1.62. The summed E-state index contributed by atoms with van der Waals surface area (Å²) < 4.78 is 18.2. The van der Waals surface area contributed by atoms with E-state index in [9.17, 15) is 9.18 Å². The quantitative estimate of drug-likeness (QED) is 0.827. The summed E-state index contributed by atoms with van der Waals surface area (Å²) in [4.78, 5) is 10.7. The van der Waals surface area contributed by atoms with Gasteiger partial charge in [0.05, 0.1) is 7.11 Å². The van der Waals surface area contributed by atoms with Crippen LogP contribution in [-0.2, 0) is 4.79 Å². The highest BCUT2D eigenvalue weighted by atomic mass is 19.1. The lowest BCUT2D eigenvalue weighted by atomic mass is 10.1. The third-order valence-corrected chi connectivity index (χ3v) is 2.55. The third-order valence-electron chi connectivity index (χ3n) is 2.55. The molecule has 2 atom stereocenters. The highest BCUT2D eigenvalue weighted by Crippen LogP contribution is 2.21. The Morgan fingerprint density at radius 1 is 1.47 bits per heavy atom. The van der Waals surface area contributed by atoms with E-state index in [2.05, 4.69) is 5.32 Å². The van der Waals surface area contributed by atoms with Crippen LogP contribution in [0.1, 0.15) is 25.5 Å². The lowest BCUT2D eigenvalue weighted by Crippen LogP contribution is -2.35. The van der Waals surface area contributed by atoms with Crippen molar-refractivity contribution in [2.45, 2.75) is 25.9 Å². The van der Waals surface area contributed by atoms with E-state index in [1.165, 1.54) is 19.2 Å². The fourth-order valence-electron chi connectivity index (χ4n) is 1.49. The number of carboxylic acid groups (broad SMARTS) is 1. The first kappa shape index (κ1) is 13.4. The standard InChI is InChI=1S/C12H16FNO3/c1-7(14-8(2)12(15)16)9-4-5-11(17-3)10(13)6-9/h4-8,14H,1-3H3,(H,15,16)/t7?,8-/m1/s1. The molecule has 1 aromatic carbocycles. The Kier molecular flexibility index (Phi) is 4.45. The Balaban J connectivity index is 2.79. The highest BCUT2D eigenvalue weighted by molar-refractivity contribution is 5.72. The molecular weight excluding hydrogens is 225 g/mol. The summed E-state index contributed by atoms with van der Waals surface area (Å²) in [5.74, 6) is -1.22. The Morgan fingerprint density at radius 2 is 2.12 bits per heavy atom. The number of halogens is 1. The second kappa shape index (κ2) is 5.63. The Bertz CT molecular complexity index is 409. The lowest BCUT2D eigenvalue weighted by Gasteiger charge is -2.17. The number of carboxylic acids is 1. The van der Waals surface area contributed by atoms with Gasteiger partial charge in [0.2, 0.25) is 0 Å². The molecule has 0 spiro atoms. The van der Waals surface area contributed by atoms with Crippen molar-refractivity contribution in [1.82, 2.24) is 5.32 Å². The second-order valence-corrected chi connectivity index (χ2v) is 3.84. The summed E-state index contributed by atoms with van der Waals surface area (Å²) in [5.41, 5.74) is 0.677. The van der Waals surface area contributed by atoms with Crippen molar-refractivity contribution in [3.05, 3.63) is 29.6 Å². The maximum atomic E-state index is 13.4. The first-order valence-corrected chi connectivity index (χ1v) is 5.28. The Morgan fingerprint density at radius 3 is 2.59 bits per heavy atom. The van der Waals surface area contributed by atoms with E-state index in [0.29, 0.717) is 5.56 Å². The molecule has 2 N–H and O–H groups in total. The van der Waals surface area contributed by atoms with E-state index in [-0.39, 0.29) is 11.8 Å². The van der Waals surface area contributed by atoms with Crippen LogP contribution in [0.2, 0.25) is 0 Å².